The number of halogens is 1. The van der Waals surface area contributed by atoms with E-state index in [9.17, 15) is 18.0 Å². The van der Waals surface area contributed by atoms with Gasteiger partial charge in [-0.3, -0.25) is 4.79 Å². The first kappa shape index (κ1) is 18.5. The lowest BCUT2D eigenvalue weighted by Crippen LogP contribution is -2.40. The number of amides is 1. The molecule has 0 aromatic heterocycles. The number of esters is 1. The summed E-state index contributed by atoms with van der Waals surface area (Å²) in [5.41, 5.74) is 0.154. The first-order chi connectivity index (χ1) is 11.2. The zero-order valence-corrected chi connectivity index (χ0v) is 14.9. The monoisotopic (exact) mass is 375 g/mol. The van der Waals surface area contributed by atoms with E-state index in [1.165, 1.54) is 37.3 Å². The van der Waals surface area contributed by atoms with Crippen molar-refractivity contribution in [3.05, 3.63) is 28.8 Å². The van der Waals surface area contributed by atoms with Gasteiger partial charge in [0.25, 0.3) is 5.91 Å². The van der Waals surface area contributed by atoms with Crippen LogP contribution in [0.1, 0.15) is 16.8 Å². The van der Waals surface area contributed by atoms with Gasteiger partial charge in [0.2, 0.25) is 0 Å². The molecular weight excluding hydrogens is 358 g/mol. The minimum absolute atomic E-state index is 0.0418. The molecule has 1 heterocycles. The Balaban J connectivity index is 2.04. The Bertz CT molecular complexity index is 748. The summed E-state index contributed by atoms with van der Waals surface area (Å²) >= 11 is 5.88. The average Bonchev–Trinajstić information content (AvgIpc) is 2.91. The zero-order valence-electron chi connectivity index (χ0n) is 13.3. The van der Waals surface area contributed by atoms with Crippen LogP contribution < -0.4 is 4.74 Å². The van der Waals surface area contributed by atoms with E-state index in [0.29, 0.717) is 11.4 Å². The Morgan fingerprint density at radius 3 is 2.67 bits per heavy atom. The third-order valence-corrected chi connectivity index (χ3v) is 5.84. The largest absolute Gasteiger partial charge is 0.483 e. The molecule has 2 rings (SSSR count). The van der Waals surface area contributed by atoms with Crippen LogP contribution in [0.25, 0.3) is 0 Å². The number of ether oxygens (including phenoxy) is 2. The zero-order chi connectivity index (χ0) is 17.9. The molecule has 1 saturated heterocycles. The number of benzene rings is 1. The van der Waals surface area contributed by atoms with Gasteiger partial charge in [-0.1, -0.05) is 11.6 Å². The van der Waals surface area contributed by atoms with Crippen LogP contribution in [0.4, 0.5) is 0 Å². The van der Waals surface area contributed by atoms with Gasteiger partial charge in [0.1, 0.15) is 11.3 Å². The number of hydrogen-bond donors (Lipinski definition) is 0. The normalized spacial score (nSPS) is 18.9. The minimum atomic E-state index is -3.08. The van der Waals surface area contributed by atoms with E-state index in [-0.39, 0.29) is 41.4 Å². The van der Waals surface area contributed by atoms with Gasteiger partial charge in [-0.25, -0.2) is 13.2 Å². The molecule has 1 fully saturated rings. The van der Waals surface area contributed by atoms with Gasteiger partial charge in [-0.2, -0.15) is 0 Å². The lowest BCUT2D eigenvalue weighted by Gasteiger charge is -2.23. The standard InChI is InChI=1S/C15H18ClNO6S/c1-17(11-5-6-24(20,21)9-11)14(18)8-23-13-7-10(16)3-4-12(13)15(19)22-2/h3-4,7,11H,5-6,8-9H2,1-2H3/t11-/m1/s1. The van der Waals surface area contributed by atoms with Crippen molar-refractivity contribution in [2.45, 2.75) is 12.5 Å². The highest BCUT2D eigenvalue weighted by molar-refractivity contribution is 7.91. The molecule has 1 aromatic carbocycles. The van der Waals surface area contributed by atoms with Crippen molar-refractivity contribution >= 4 is 33.3 Å². The molecule has 132 valence electrons. The summed E-state index contributed by atoms with van der Waals surface area (Å²) in [4.78, 5) is 25.3. The number of nitrogens with zero attached hydrogens (tertiary/aromatic N) is 1. The first-order valence-corrected chi connectivity index (χ1v) is 9.40. The summed E-state index contributed by atoms with van der Waals surface area (Å²) in [6, 6.07) is 4.02. The summed E-state index contributed by atoms with van der Waals surface area (Å²) in [6.45, 7) is -0.336. The fourth-order valence-electron chi connectivity index (χ4n) is 2.42. The van der Waals surface area contributed by atoms with Crippen LogP contribution in [-0.2, 0) is 19.4 Å². The fraction of sp³-hybridized carbons (Fsp3) is 0.467. The van der Waals surface area contributed by atoms with Crippen molar-refractivity contribution in [3.63, 3.8) is 0 Å². The third kappa shape index (κ3) is 4.39. The quantitative estimate of drug-likeness (QED) is 0.717. The molecule has 0 spiro atoms. The summed E-state index contributed by atoms with van der Waals surface area (Å²) < 4.78 is 33.1. The van der Waals surface area contributed by atoms with E-state index in [1.807, 2.05) is 0 Å². The highest BCUT2D eigenvalue weighted by Crippen LogP contribution is 2.24. The molecule has 24 heavy (non-hydrogen) atoms. The van der Waals surface area contributed by atoms with Crippen LogP contribution >= 0.6 is 11.6 Å². The molecule has 9 heteroatoms. The molecule has 0 bridgehead atoms. The van der Waals surface area contributed by atoms with Gasteiger partial charge in [0, 0.05) is 18.1 Å². The number of methoxy groups -OCH3 is 1. The Kier molecular flexibility index (Phi) is 5.71. The Labute approximate surface area is 145 Å². The van der Waals surface area contributed by atoms with Crippen molar-refractivity contribution in [1.29, 1.82) is 0 Å². The number of sulfone groups is 1. The maximum absolute atomic E-state index is 12.2. The molecule has 1 atom stereocenters. The maximum Gasteiger partial charge on any atom is 0.341 e. The summed E-state index contributed by atoms with van der Waals surface area (Å²) in [5.74, 6) is -0.816. The van der Waals surface area contributed by atoms with Gasteiger partial charge in [0.05, 0.1) is 18.6 Å². The van der Waals surface area contributed by atoms with Crippen LogP contribution in [0.15, 0.2) is 18.2 Å². The summed E-state index contributed by atoms with van der Waals surface area (Å²) in [5, 5.41) is 0.348. The minimum Gasteiger partial charge on any atom is -0.483 e. The third-order valence-electron chi connectivity index (χ3n) is 3.85. The Hall–Kier alpha value is -1.80. The number of carbonyl (C=O) groups is 2. The first-order valence-electron chi connectivity index (χ1n) is 7.20. The predicted octanol–water partition coefficient (Wildman–Crippen LogP) is 1.15. The van der Waals surface area contributed by atoms with Crippen LogP contribution in [0.3, 0.4) is 0 Å². The van der Waals surface area contributed by atoms with Crippen molar-refractivity contribution < 1.29 is 27.5 Å². The number of rotatable bonds is 5. The van der Waals surface area contributed by atoms with Gasteiger partial charge in [-0.15, -0.1) is 0 Å². The molecule has 0 saturated carbocycles. The molecule has 1 aromatic rings. The average molecular weight is 376 g/mol. The van der Waals surface area contributed by atoms with Crippen molar-refractivity contribution in [3.8, 4) is 5.75 Å². The summed E-state index contributed by atoms with van der Waals surface area (Å²) in [6.07, 6.45) is 0.412. The number of hydrogen-bond acceptors (Lipinski definition) is 6. The molecular formula is C15H18ClNO6S. The number of carbonyl (C=O) groups excluding carboxylic acids is 2. The van der Waals surface area contributed by atoms with Crippen molar-refractivity contribution in [1.82, 2.24) is 4.90 Å². The van der Waals surface area contributed by atoms with Crippen LogP contribution in [0.2, 0.25) is 5.02 Å². The SMILES string of the molecule is COC(=O)c1ccc(Cl)cc1OCC(=O)N(C)[C@@H]1CCS(=O)(=O)C1. The smallest absolute Gasteiger partial charge is 0.341 e. The molecule has 1 aliphatic heterocycles. The summed E-state index contributed by atoms with van der Waals surface area (Å²) in [7, 11) is -0.307. The topological polar surface area (TPSA) is 90.0 Å². The Morgan fingerprint density at radius 1 is 1.38 bits per heavy atom. The lowest BCUT2D eigenvalue weighted by atomic mass is 10.2. The molecule has 7 nitrogen and oxygen atoms in total. The molecule has 0 radical (unpaired) electrons. The number of likely N-dealkylation sites (N-methyl/N-ethyl adjacent to an activating group) is 1. The van der Waals surface area contributed by atoms with Crippen LogP contribution in [-0.4, -0.2) is 63.5 Å². The molecule has 0 N–H and O–H groups in total. The second kappa shape index (κ2) is 7.40. The van der Waals surface area contributed by atoms with Crippen LogP contribution in [0, 0.1) is 0 Å². The van der Waals surface area contributed by atoms with E-state index >= 15 is 0 Å². The second-order valence-electron chi connectivity index (χ2n) is 5.48. The van der Waals surface area contributed by atoms with Crippen LogP contribution in [0.5, 0.6) is 5.75 Å². The van der Waals surface area contributed by atoms with Crippen molar-refractivity contribution in [2.75, 3.05) is 32.3 Å². The molecule has 1 aliphatic rings. The van der Waals surface area contributed by atoms with Gasteiger partial charge in [0.15, 0.2) is 16.4 Å². The van der Waals surface area contributed by atoms with Gasteiger partial charge >= 0.3 is 5.97 Å². The van der Waals surface area contributed by atoms with E-state index in [4.69, 9.17) is 16.3 Å². The van der Waals surface area contributed by atoms with E-state index in [0.717, 1.165) is 0 Å². The van der Waals surface area contributed by atoms with Crippen molar-refractivity contribution in [2.24, 2.45) is 0 Å². The fourth-order valence-corrected chi connectivity index (χ4v) is 4.36. The second-order valence-corrected chi connectivity index (χ2v) is 8.15. The lowest BCUT2D eigenvalue weighted by molar-refractivity contribution is -0.133. The highest BCUT2D eigenvalue weighted by atomic mass is 35.5. The maximum atomic E-state index is 12.2. The van der Waals surface area contributed by atoms with E-state index in [2.05, 4.69) is 4.74 Å². The Morgan fingerprint density at radius 2 is 2.08 bits per heavy atom. The predicted molar refractivity (Wildman–Crippen MR) is 88.1 cm³/mol. The molecule has 1 amide bonds. The van der Waals surface area contributed by atoms with Gasteiger partial charge < -0.3 is 14.4 Å². The molecule has 0 unspecified atom stereocenters. The molecule has 0 aliphatic carbocycles. The van der Waals surface area contributed by atoms with Gasteiger partial charge in [-0.05, 0) is 24.6 Å². The van der Waals surface area contributed by atoms with E-state index < -0.39 is 15.8 Å². The van der Waals surface area contributed by atoms with E-state index in [1.54, 1.807) is 0 Å². The highest BCUT2D eigenvalue weighted by Gasteiger charge is 2.32.